The Morgan fingerprint density at radius 1 is 1.22 bits per heavy atom. The van der Waals surface area contributed by atoms with Crippen molar-refractivity contribution in [3.05, 3.63) is 0 Å². The first-order valence-electron chi connectivity index (χ1n) is 7.77. The van der Waals surface area contributed by atoms with Crippen molar-refractivity contribution in [3.8, 4) is 0 Å². The molecule has 0 aromatic heterocycles. The maximum absolute atomic E-state index is 12.0. The number of rotatable bonds is 5. The molecule has 1 aliphatic heterocycles. The van der Waals surface area contributed by atoms with Gasteiger partial charge in [0, 0.05) is 19.1 Å². The summed E-state index contributed by atoms with van der Waals surface area (Å²) >= 11 is 0. The van der Waals surface area contributed by atoms with Crippen LogP contribution in [0.1, 0.15) is 40.5 Å². The molecule has 2 amide bonds. The van der Waals surface area contributed by atoms with Gasteiger partial charge in [0.1, 0.15) is 12.1 Å². The van der Waals surface area contributed by atoms with Crippen LogP contribution in [-0.2, 0) is 19.6 Å². The van der Waals surface area contributed by atoms with E-state index in [2.05, 4.69) is 10.0 Å². The maximum Gasteiger partial charge on any atom is 0.408 e. The second-order valence-electron chi connectivity index (χ2n) is 6.53. The van der Waals surface area contributed by atoms with Crippen molar-refractivity contribution in [3.63, 3.8) is 0 Å². The molecule has 0 aromatic rings. The van der Waals surface area contributed by atoms with E-state index in [0.29, 0.717) is 25.9 Å². The quantitative estimate of drug-likeness (QED) is 0.749. The molecule has 1 rings (SSSR count). The molecular formula is C14H27N3O5S. The van der Waals surface area contributed by atoms with E-state index in [1.54, 1.807) is 32.6 Å². The predicted molar refractivity (Wildman–Crippen MR) is 86.4 cm³/mol. The van der Waals surface area contributed by atoms with Gasteiger partial charge in [-0.3, -0.25) is 4.79 Å². The molecule has 23 heavy (non-hydrogen) atoms. The van der Waals surface area contributed by atoms with Gasteiger partial charge in [-0.1, -0.05) is 0 Å². The SMILES string of the molecule is CCS(=O)(=O)NC1CCN(C(=O)CNC(=O)OC(C)(C)C)CC1. The first-order chi connectivity index (χ1) is 10.5. The summed E-state index contributed by atoms with van der Waals surface area (Å²) in [4.78, 5) is 25.2. The molecule has 1 saturated heterocycles. The van der Waals surface area contributed by atoms with Crippen molar-refractivity contribution in [1.82, 2.24) is 14.9 Å². The lowest BCUT2D eigenvalue weighted by Crippen LogP contribution is -2.49. The Morgan fingerprint density at radius 2 is 1.78 bits per heavy atom. The average Bonchev–Trinajstić information content (AvgIpc) is 2.43. The van der Waals surface area contributed by atoms with Crippen LogP contribution in [0.25, 0.3) is 0 Å². The second-order valence-corrected chi connectivity index (χ2v) is 8.57. The smallest absolute Gasteiger partial charge is 0.408 e. The minimum absolute atomic E-state index is 0.0476. The first kappa shape index (κ1) is 19.7. The number of ether oxygens (including phenoxy) is 1. The van der Waals surface area contributed by atoms with Crippen LogP contribution in [-0.4, -0.2) is 62.3 Å². The van der Waals surface area contributed by atoms with Gasteiger partial charge in [-0.05, 0) is 40.5 Å². The van der Waals surface area contributed by atoms with Crippen LogP contribution in [0.3, 0.4) is 0 Å². The van der Waals surface area contributed by atoms with E-state index in [4.69, 9.17) is 4.74 Å². The monoisotopic (exact) mass is 349 g/mol. The molecule has 0 unspecified atom stereocenters. The van der Waals surface area contributed by atoms with Crippen molar-refractivity contribution in [1.29, 1.82) is 0 Å². The third kappa shape index (κ3) is 7.65. The number of nitrogens with zero attached hydrogens (tertiary/aromatic N) is 1. The van der Waals surface area contributed by atoms with Crippen molar-refractivity contribution >= 4 is 22.0 Å². The maximum atomic E-state index is 12.0. The number of alkyl carbamates (subject to hydrolysis) is 1. The van der Waals surface area contributed by atoms with Crippen LogP contribution >= 0.6 is 0 Å². The molecule has 8 nitrogen and oxygen atoms in total. The van der Waals surface area contributed by atoms with Crippen molar-refractivity contribution < 1.29 is 22.7 Å². The van der Waals surface area contributed by atoms with Gasteiger partial charge in [0.2, 0.25) is 15.9 Å². The van der Waals surface area contributed by atoms with Crippen LogP contribution in [0.2, 0.25) is 0 Å². The van der Waals surface area contributed by atoms with Crippen LogP contribution < -0.4 is 10.0 Å². The minimum Gasteiger partial charge on any atom is -0.444 e. The molecule has 2 N–H and O–H groups in total. The van der Waals surface area contributed by atoms with Crippen molar-refractivity contribution in [2.24, 2.45) is 0 Å². The van der Waals surface area contributed by atoms with Gasteiger partial charge in [-0.2, -0.15) is 0 Å². The van der Waals surface area contributed by atoms with Gasteiger partial charge in [-0.15, -0.1) is 0 Å². The number of carbonyl (C=O) groups excluding carboxylic acids is 2. The molecule has 1 heterocycles. The summed E-state index contributed by atoms with van der Waals surface area (Å²) in [6.07, 6.45) is 0.505. The Bertz CT molecular complexity index is 519. The molecule has 0 saturated carbocycles. The molecule has 1 aliphatic rings. The van der Waals surface area contributed by atoms with E-state index < -0.39 is 21.7 Å². The van der Waals surface area contributed by atoms with Crippen molar-refractivity contribution in [2.45, 2.75) is 52.2 Å². The second kappa shape index (κ2) is 7.96. The molecule has 0 radical (unpaired) electrons. The summed E-state index contributed by atoms with van der Waals surface area (Å²) in [5.74, 6) is -0.154. The Morgan fingerprint density at radius 3 is 2.26 bits per heavy atom. The number of nitrogens with one attached hydrogen (secondary N) is 2. The lowest BCUT2D eigenvalue weighted by atomic mass is 10.1. The summed E-state index contributed by atoms with van der Waals surface area (Å²) in [7, 11) is -3.22. The Hall–Kier alpha value is -1.35. The highest BCUT2D eigenvalue weighted by Gasteiger charge is 2.25. The fraction of sp³-hybridized carbons (Fsp3) is 0.857. The fourth-order valence-electron chi connectivity index (χ4n) is 2.16. The van der Waals surface area contributed by atoms with E-state index >= 15 is 0 Å². The van der Waals surface area contributed by atoms with E-state index in [1.165, 1.54) is 0 Å². The number of carbonyl (C=O) groups is 2. The topological polar surface area (TPSA) is 105 Å². The Labute approximate surface area is 138 Å². The third-order valence-corrected chi connectivity index (χ3v) is 4.81. The van der Waals surface area contributed by atoms with Gasteiger partial charge in [-0.25, -0.2) is 17.9 Å². The summed E-state index contributed by atoms with van der Waals surface area (Å²) < 4.78 is 30.7. The zero-order valence-electron chi connectivity index (χ0n) is 14.2. The molecule has 0 atom stereocenters. The highest BCUT2D eigenvalue weighted by molar-refractivity contribution is 7.89. The number of amides is 2. The normalized spacial score (nSPS) is 17.0. The molecule has 9 heteroatoms. The minimum atomic E-state index is -3.22. The number of hydrogen-bond donors (Lipinski definition) is 2. The number of likely N-dealkylation sites (tertiary alicyclic amines) is 1. The molecule has 0 spiro atoms. The van der Waals surface area contributed by atoms with Crippen molar-refractivity contribution in [2.75, 3.05) is 25.4 Å². The summed E-state index contributed by atoms with van der Waals surface area (Å²) in [6.45, 7) is 7.63. The fourth-order valence-corrected chi connectivity index (χ4v) is 3.07. The van der Waals surface area contributed by atoms with Gasteiger partial charge >= 0.3 is 6.09 Å². The average molecular weight is 349 g/mol. The number of piperidine rings is 1. The third-order valence-electron chi connectivity index (χ3n) is 3.36. The van der Waals surface area contributed by atoms with Crippen LogP contribution in [0, 0.1) is 0 Å². The molecule has 1 fully saturated rings. The van der Waals surface area contributed by atoms with E-state index in [0.717, 1.165) is 0 Å². The van der Waals surface area contributed by atoms with Crippen LogP contribution in [0.15, 0.2) is 0 Å². The lowest BCUT2D eigenvalue weighted by molar-refractivity contribution is -0.131. The molecular weight excluding hydrogens is 322 g/mol. The van der Waals surface area contributed by atoms with E-state index in [9.17, 15) is 18.0 Å². The highest BCUT2D eigenvalue weighted by Crippen LogP contribution is 2.11. The molecule has 134 valence electrons. The van der Waals surface area contributed by atoms with Crippen LogP contribution in [0.5, 0.6) is 0 Å². The molecule has 0 aliphatic carbocycles. The van der Waals surface area contributed by atoms with E-state index in [1.807, 2.05) is 0 Å². The molecule has 0 bridgehead atoms. The summed E-state index contributed by atoms with van der Waals surface area (Å²) in [6, 6.07) is -0.136. The zero-order chi connectivity index (χ0) is 17.7. The van der Waals surface area contributed by atoms with Crippen LogP contribution in [0.4, 0.5) is 4.79 Å². The Kier molecular flexibility index (Phi) is 6.82. The Balaban J connectivity index is 2.34. The summed E-state index contributed by atoms with van der Waals surface area (Å²) in [5.41, 5.74) is -0.609. The lowest BCUT2D eigenvalue weighted by Gasteiger charge is -2.32. The largest absolute Gasteiger partial charge is 0.444 e. The van der Waals surface area contributed by atoms with Gasteiger partial charge in [0.15, 0.2) is 0 Å². The molecule has 0 aromatic carbocycles. The van der Waals surface area contributed by atoms with Gasteiger partial charge < -0.3 is 15.0 Å². The highest BCUT2D eigenvalue weighted by atomic mass is 32.2. The van der Waals surface area contributed by atoms with Gasteiger partial charge in [0.25, 0.3) is 0 Å². The standard InChI is InChI=1S/C14H27N3O5S/c1-5-23(20,21)16-11-6-8-17(9-7-11)12(18)10-15-13(19)22-14(2,3)4/h11,16H,5-10H2,1-4H3,(H,15,19). The summed E-state index contributed by atoms with van der Waals surface area (Å²) in [5, 5.41) is 2.43. The van der Waals surface area contributed by atoms with E-state index in [-0.39, 0.29) is 24.2 Å². The first-order valence-corrected chi connectivity index (χ1v) is 9.42. The number of sulfonamides is 1. The predicted octanol–water partition coefficient (Wildman–Crippen LogP) is 0.441. The van der Waals surface area contributed by atoms with Gasteiger partial charge in [0.05, 0.1) is 5.75 Å². The zero-order valence-corrected chi connectivity index (χ0v) is 15.0. The number of hydrogen-bond acceptors (Lipinski definition) is 5.